The Morgan fingerprint density at radius 3 is 2.54 bits per heavy atom. The van der Waals surface area contributed by atoms with Gasteiger partial charge in [0.15, 0.2) is 22.5 Å². The molecule has 3 rings (SSSR count). The average molecular weight is 496 g/mol. The zero-order chi connectivity index (χ0) is 25.2. The largest absolute Gasteiger partial charge is 0.493 e. The molecule has 0 fully saturated rings. The first-order chi connectivity index (χ1) is 17.0. The molecule has 1 aromatic heterocycles. The molecule has 0 aliphatic carbocycles. The Kier molecular flexibility index (Phi) is 9.31. The fourth-order valence-electron chi connectivity index (χ4n) is 3.35. The molecule has 1 heterocycles. The SMILES string of the molecule is C=CCn1c(CNC(=O)c2ccc(OC)c(OC)c2)nnc1SCC(=O)N[C@H](C)c1ccccc1. The second-order valence-electron chi connectivity index (χ2n) is 7.54. The Morgan fingerprint density at radius 1 is 1.11 bits per heavy atom. The van der Waals surface area contributed by atoms with E-state index in [4.69, 9.17) is 9.47 Å². The maximum absolute atomic E-state index is 12.7. The predicted molar refractivity (Wildman–Crippen MR) is 135 cm³/mol. The van der Waals surface area contributed by atoms with Gasteiger partial charge < -0.3 is 24.7 Å². The molecule has 0 aliphatic heterocycles. The van der Waals surface area contributed by atoms with Crippen molar-refractivity contribution in [2.24, 2.45) is 0 Å². The van der Waals surface area contributed by atoms with Gasteiger partial charge in [-0.1, -0.05) is 48.2 Å². The Bertz CT molecular complexity index is 1170. The minimum Gasteiger partial charge on any atom is -0.493 e. The highest BCUT2D eigenvalue weighted by molar-refractivity contribution is 7.99. The number of aromatic nitrogens is 3. The summed E-state index contributed by atoms with van der Waals surface area (Å²) in [6, 6.07) is 14.6. The van der Waals surface area contributed by atoms with Gasteiger partial charge in [0.2, 0.25) is 5.91 Å². The van der Waals surface area contributed by atoms with Gasteiger partial charge in [-0.15, -0.1) is 16.8 Å². The lowest BCUT2D eigenvalue weighted by Gasteiger charge is -2.14. The number of carbonyl (C=O) groups excluding carboxylic acids is 2. The van der Waals surface area contributed by atoms with Crippen LogP contribution in [0.5, 0.6) is 11.5 Å². The van der Waals surface area contributed by atoms with E-state index in [1.807, 2.05) is 41.8 Å². The first kappa shape index (κ1) is 25.8. The van der Waals surface area contributed by atoms with Gasteiger partial charge in [0.1, 0.15) is 0 Å². The van der Waals surface area contributed by atoms with Crippen LogP contribution in [0.3, 0.4) is 0 Å². The van der Waals surface area contributed by atoms with Gasteiger partial charge in [-0.25, -0.2) is 0 Å². The summed E-state index contributed by atoms with van der Waals surface area (Å²) in [5.41, 5.74) is 1.46. The summed E-state index contributed by atoms with van der Waals surface area (Å²) in [5, 5.41) is 14.8. The van der Waals surface area contributed by atoms with E-state index in [0.717, 1.165) is 5.56 Å². The lowest BCUT2D eigenvalue weighted by atomic mass is 10.1. The fourth-order valence-corrected chi connectivity index (χ4v) is 4.12. The first-order valence-corrected chi connectivity index (χ1v) is 12.0. The molecule has 0 saturated carbocycles. The maximum atomic E-state index is 12.7. The first-order valence-electron chi connectivity index (χ1n) is 11.0. The molecule has 0 aliphatic rings. The van der Waals surface area contributed by atoms with E-state index in [1.165, 1.54) is 26.0 Å². The van der Waals surface area contributed by atoms with Crippen molar-refractivity contribution in [1.82, 2.24) is 25.4 Å². The zero-order valence-corrected chi connectivity index (χ0v) is 20.8. The highest BCUT2D eigenvalue weighted by Gasteiger charge is 2.17. The number of hydrogen-bond donors (Lipinski definition) is 2. The fraction of sp³-hybridized carbons (Fsp3) is 0.280. The highest BCUT2D eigenvalue weighted by atomic mass is 32.2. The molecule has 0 spiro atoms. The minimum atomic E-state index is -0.289. The Labute approximate surface area is 208 Å². The van der Waals surface area contributed by atoms with Crippen LogP contribution in [0.25, 0.3) is 0 Å². The lowest BCUT2D eigenvalue weighted by Crippen LogP contribution is -2.28. The van der Waals surface area contributed by atoms with Gasteiger partial charge in [-0.05, 0) is 30.7 Å². The van der Waals surface area contributed by atoms with Gasteiger partial charge in [0.05, 0.1) is 32.6 Å². The lowest BCUT2D eigenvalue weighted by molar-refractivity contribution is -0.119. The van der Waals surface area contributed by atoms with Crippen molar-refractivity contribution in [2.45, 2.75) is 31.2 Å². The monoisotopic (exact) mass is 495 g/mol. The normalized spacial score (nSPS) is 11.4. The van der Waals surface area contributed by atoms with Crippen molar-refractivity contribution in [3.63, 3.8) is 0 Å². The number of hydrogen-bond acceptors (Lipinski definition) is 7. The number of ether oxygens (including phenoxy) is 2. The number of thioether (sulfide) groups is 1. The van der Waals surface area contributed by atoms with Crippen LogP contribution in [0.15, 0.2) is 66.3 Å². The molecule has 2 aromatic carbocycles. The van der Waals surface area contributed by atoms with Crippen LogP contribution in [0.2, 0.25) is 0 Å². The summed E-state index contributed by atoms with van der Waals surface area (Å²) in [7, 11) is 3.05. The number of carbonyl (C=O) groups is 2. The van der Waals surface area contributed by atoms with Crippen molar-refractivity contribution in [1.29, 1.82) is 0 Å². The summed E-state index contributed by atoms with van der Waals surface area (Å²) >= 11 is 1.28. The third-order valence-electron chi connectivity index (χ3n) is 5.17. The number of nitrogens with zero attached hydrogens (tertiary/aromatic N) is 3. The molecule has 2 amide bonds. The number of rotatable bonds is 12. The Morgan fingerprint density at radius 2 is 1.86 bits per heavy atom. The van der Waals surface area contributed by atoms with E-state index in [1.54, 1.807) is 24.3 Å². The molecule has 184 valence electrons. The topological polar surface area (TPSA) is 107 Å². The van der Waals surface area contributed by atoms with E-state index in [9.17, 15) is 9.59 Å². The second kappa shape index (κ2) is 12.6. The molecule has 1 atom stereocenters. The number of allylic oxidation sites excluding steroid dienone is 1. The van der Waals surface area contributed by atoms with Gasteiger partial charge in [-0.3, -0.25) is 9.59 Å². The third kappa shape index (κ3) is 6.86. The van der Waals surface area contributed by atoms with E-state index in [0.29, 0.717) is 34.6 Å². The molecule has 0 unspecified atom stereocenters. The van der Waals surface area contributed by atoms with Crippen molar-refractivity contribution in [3.05, 3.63) is 78.1 Å². The molecule has 2 N–H and O–H groups in total. The van der Waals surface area contributed by atoms with Gasteiger partial charge in [0, 0.05) is 12.1 Å². The van der Waals surface area contributed by atoms with E-state index in [-0.39, 0.29) is 30.2 Å². The van der Waals surface area contributed by atoms with Crippen LogP contribution >= 0.6 is 11.8 Å². The van der Waals surface area contributed by atoms with Crippen molar-refractivity contribution in [3.8, 4) is 11.5 Å². The molecule has 9 nitrogen and oxygen atoms in total. The molecule has 3 aromatic rings. The van der Waals surface area contributed by atoms with E-state index >= 15 is 0 Å². The van der Waals surface area contributed by atoms with Crippen LogP contribution in [-0.4, -0.2) is 46.6 Å². The molecule has 0 radical (unpaired) electrons. The smallest absolute Gasteiger partial charge is 0.251 e. The maximum Gasteiger partial charge on any atom is 0.251 e. The van der Waals surface area contributed by atoms with Crippen LogP contribution in [0.4, 0.5) is 0 Å². The van der Waals surface area contributed by atoms with Crippen LogP contribution in [0, 0.1) is 0 Å². The summed E-state index contributed by atoms with van der Waals surface area (Å²) in [5.74, 6) is 1.35. The predicted octanol–water partition coefficient (Wildman–Crippen LogP) is 3.38. The Hall–Kier alpha value is -3.79. The van der Waals surface area contributed by atoms with Gasteiger partial charge >= 0.3 is 0 Å². The summed E-state index contributed by atoms with van der Waals surface area (Å²) < 4.78 is 12.3. The number of amides is 2. The van der Waals surface area contributed by atoms with E-state index < -0.39 is 0 Å². The van der Waals surface area contributed by atoms with Crippen molar-refractivity contribution < 1.29 is 19.1 Å². The molecular formula is C25H29N5O4S. The number of methoxy groups -OCH3 is 2. The zero-order valence-electron chi connectivity index (χ0n) is 20.0. The average Bonchev–Trinajstić information content (AvgIpc) is 3.27. The van der Waals surface area contributed by atoms with Crippen LogP contribution in [0.1, 0.15) is 34.7 Å². The number of benzene rings is 2. The van der Waals surface area contributed by atoms with E-state index in [2.05, 4.69) is 27.4 Å². The quantitative estimate of drug-likeness (QED) is 0.293. The number of nitrogens with one attached hydrogen (secondary N) is 2. The van der Waals surface area contributed by atoms with Crippen molar-refractivity contribution >= 4 is 23.6 Å². The summed E-state index contributed by atoms with van der Waals surface area (Å²) in [6.45, 7) is 6.33. The van der Waals surface area contributed by atoms with Gasteiger partial charge in [0.25, 0.3) is 5.91 Å². The second-order valence-corrected chi connectivity index (χ2v) is 8.48. The van der Waals surface area contributed by atoms with Gasteiger partial charge in [-0.2, -0.15) is 0 Å². The Balaban J connectivity index is 1.60. The standard InChI is InChI=1S/C25H29N5O4S/c1-5-13-30-22(15-26-24(32)19-11-12-20(33-3)21(14-19)34-4)28-29-25(30)35-16-23(31)27-17(2)18-9-7-6-8-10-18/h5-12,14,17H,1,13,15-16H2,2-4H3,(H,26,32)(H,27,31)/t17-/m1/s1. The molecule has 0 saturated heterocycles. The minimum absolute atomic E-state index is 0.0994. The molecule has 0 bridgehead atoms. The summed E-state index contributed by atoms with van der Waals surface area (Å²) in [4.78, 5) is 25.1. The molecule has 35 heavy (non-hydrogen) atoms. The molecule has 10 heteroatoms. The molecular weight excluding hydrogens is 466 g/mol. The van der Waals surface area contributed by atoms with Crippen molar-refractivity contribution in [2.75, 3.05) is 20.0 Å². The highest BCUT2D eigenvalue weighted by Crippen LogP contribution is 2.27. The van der Waals surface area contributed by atoms with Crippen LogP contribution < -0.4 is 20.1 Å². The summed E-state index contributed by atoms with van der Waals surface area (Å²) in [6.07, 6.45) is 1.71. The third-order valence-corrected chi connectivity index (χ3v) is 6.13. The van der Waals surface area contributed by atoms with Crippen LogP contribution in [-0.2, 0) is 17.9 Å².